The third kappa shape index (κ3) is 5.55. The maximum Gasteiger partial charge on any atom is 0.256 e. The highest BCUT2D eigenvalue weighted by Crippen LogP contribution is 2.35. The summed E-state index contributed by atoms with van der Waals surface area (Å²) in [6, 6.07) is 9.42. The summed E-state index contributed by atoms with van der Waals surface area (Å²) in [4.78, 5) is 13.4. The van der Waals surface area contributed by atoms with Crippen LogP contribution in [-0.4, -0.2) is 30.9 Å². The Hall–Kier alpha value is -2.40. The lowest BCUT2D eigenvalue weighted by molar-refractivity contribution is 0.0947. The van der Waals surface area contributed by atoms with Crippen LogP contribution in [0.25, 0.3) is 12.2 Å². The van der Waals surface area contributed by atoms with Crippen LogP contribution in [0.2, 0.25) is 0 Å². The number of methoxy groups -OCH3 is 1. The van der Waals surface area contributed by atoms with Crippen molar-refractivity contribution in [1.29, 1.82) is 0 Å². The summed E-state index contributed by atoms with van der Waals surface area (Å²) < 4.78 is 5.18. The fraction of sp³-hybridized carbons (Fsp3) is 0.348. The number of unbranched alkanes of at least 4 members (excludes halogenated alkanes) is 2. The second-order valence-electron chi connectivity index (χ2n) is 6.59. The summed E-state index contributed by atoms with van der Waals surface area (Å²) in [6.07, 6.45) is 8.99. The number of carbonyl (C=O) groups excluding carboxylic acids is 1. The van der Waals surface area contributed by atoms with Gasteiger partial charge in [-0.1, -0.05) is 44.1 Å². The number of amides is 1. The van der Waals surface area contributed by atoms with Crippen LogP contribution in [0.1, 0.15) is 53.2 Å². The van der Waals surface area contributed by atoms with Gasteiger partial charge < -0.3 is 15.2 Å². The van der Waals surface area contributed by atoms with Crippen molar-refractivity contribution in [2.45, 2.75) is 38.0 Å². The maximum atomic E-state index is 12.6. The van der Waals surface area contributed by atoms with Gasteiger partial charge in [0, 0.05) is 11.4 Å². The van der Waals surface area contributed by atoms with E-state index in [1.54, 1.807) is 13.2 Å². The molecular formula is C23H29NO3S. The molecule has 2 N–H and O–H groups in total. The van der Waals surface area contributed by atoms with Crippen molar-refractivity contribution in [1.82, 2.24) is 5.32 Å². The summed E-state index contributed by atoms with van der Waals surface area (Å²) in [7, 11) is 1.64. The van der Waals surface area contributed by atoms with Gasteiger partial charge in [-0.25, -0.2) is 0 Å². The monoisotopic (exact) mass is 399 g/mol. The van der Waals surface area contributed by atoms with Crippen LogP contribution >= 0.6 is 11.8 Å². The second kappa shape index (κ2) is 10.8. The van der Waals surface area contributed by atoms with E-state index in [2.05, 4.69) is 12.2 Å². The predicted molar refractivity (Wildman–Crippen MR) is 118 cm³/mol. The Bertz CT molecular complexity index is 829. The number of phenols is 1. The lowest BCUT2D eigenvalue weighted by atomic mass is 10.0. The number of thioether (sulfide) groups is 1. The Morgan fingerprint density at radius 1 is 1.21 bits per heavy atom. The Morgan fingerprint density at radius 2 is 1.93 bits per heavy atom. The molecule has 0 heterocycles. The van der Waals surface area contributed by atoms with Gasteiger partial charge in [-0.05, 0) is 54.5 Å². The minimum atomic E-state index is -0.216. The first-order valence-corrected chi connectivity index (χ1v) is 10.7. The number of ether oxygens (including phenoxy) is 1. The number of phenolic OH excluding ortho intramolecular Hbond substituents is 1. The van der Waals surface area contributed by atoms with E-state index in [0.29, 0.717) is 12.1 Å². The van der Waals surface area contributed by atoms with Crippen molar-refractivity contribution >= 4 is 29.8 Å². The topological polar surface area (TPSA) is 58.6 Å². The van der Waals surface area contributed by atoms with Gasteiger partial charge in [0.15, 0.2) is 0 Å². The molecule has 0 aliphatic carbocycles. The van der Waals surface area contributed by atoms with Gasteiger partial charge in [-0.3, -0.25) is 4.79 Å². The van der Waals surface area contributed by atoms with E-state index in [1.165, 1.54) is 11.8 Å². The zero-order chi connectivity index (χ0) is 20.5. The van der Waals surface area contributed by atoms with Crippen molar-refractivity contribution in [3.05, 3.63) is 52.6 Å². The van der Waals surface area contributed by atoms with Crippen LogP contribution in [0.3, 0.4) is 0 Å². The van der Waals surface area contributed by atoms with Crippen LogP contribution < -0.4 is 10.1 Å². The van der Waals surface area contributed by atoms with Crippen LogP contribution in [0.15, 0.2) is 35.2 Å². The van der Waals surface area contributed by atoms with Crippen molar-refractivity contribution < 1.29 is 14.6 Å². The largest absolute Gasteiger partial charge is 0.507 e. The van der Waals surface area contributed by atoms with Crippen LogP contribution in [0.5, 0.6) is 11.5 Å². The first kappa shape index (κ1) is 21.9. The van der Waals surface area contributed by atoms with E-state index in [-0.39, 0.29) is 11.7 Å². The van der Waals surface area contributed by atoms with Gasteiger partial charge in [-0.2, -0.15) is 0 Å². The highest BCUT2D eigenvalue weighted by atomic mass is 32.2. The molecule has 0 spiro atoms. The van der Waals surface area contributed by atoms with Gasteiger partial charge >= 0.3 is 0 Å². The molecule has 4 nitrogen and oxygen atoms in total. The molecule has 0 fully saturated rings. The van der Waals surface area contributed by atoms with Gasteiger partial charge in [0.25, 0.3) is 5.91 Å². The van der Waals surface area contributed by atoms with Crippen LogP contribution in [-0.2, 0) is 0 Å². The van der Waals surface area contributed by atoms with Crippen LogP contribution in [0, 0.1) is 6.92 Å². The quantitative estimate of drug-likeness (QED) is 0.331. The van der Waals surface area contributed by atoms with Crippen molar-refractivity contribution in [2.75, 3.05) is 19.9 Å². The molecule has 0 bridgehead atoms. The number of hydrogen-bond donors (Lipinski definition) is 2. The Morgan fingerprint density at radius 3 is 2.54 bits per heavy atom. The number of rotatable bonds is 9. The smallest absolute Gasteiger partial charge is 0.256 e. The lowest BCUT2D eigenvalue weighted by Crippen LogP contribution is -2.25. The normalized spacial score (nSPS) is 11.0. The summed E-state index contributed by atoms with van der Waals surface area (Å²) in [6.45, 7) is 4.73. The zero-order valence-electron chi connectivity index (χ0n) is 17.0. The molecule has 0 atom stereocenters. The zero-order valence-corrected chi connectivity index (χ0v) is 17.9. The molecule has 0 aliphatic heterocycles. The molecule has 0 aromatic heterocycles. The highest BCUT2D eigenvalue weighted by Gasteiger charge is 2.19. The van der Waals surface area contributed by atoms with Gasteiger partial charge in [0.05, 0.1) is 12.7 Å². The molecule has 0 aliphatic rings. The second-order valence-corrected chi connectivity index (χ2v) is 7.40. The molecule has 5 heteroatoms. The average molecular weight is 400 g/mol. The Kier molecular flexibility index (Phi) is 8.45. The molecule has 0 saturated heterocycles. The number of hydrogen-bond acceptors (Lipinski definition) is 4. The summed E-state index contributed by atoms with van der Waals surface area (Å²) in [5.74, 6) is 0.606. The molecule has 2 aromatic rings. The molecule has 1 amide bonds. The molecule has 0 saturated carbocycles. The number of carbonyl (C=O) groups is 1. The first-order chi connectivity index (χ1) is 13.5. The third-order valence-electron chi connectivity index (χ3n) is 4.62. The first-order valence-electron chi connectivity index (χ1n) is 9.52. The van der Waals surface area contributed by atoms with Crippen molar-refractivity contribution in [3.8, 4) is 11.5 Å². The maximum absolute atomic E-state index is 12.6. The van der Waals surface area contributed by atoms with Crippen molar-refractivity contribution in [3.63, 3.8) is 0 Å². The number of benzene rings is 2. The fourth-order valence-corrected chi connectivity index (χ4v) is 3.80. The fourth-order valence-electron chi connectivity index (χ4n) is 2.98. The molecule has 150 valence electrons. The highest BCUT2D eigenvalue weighted by molar-refractivity contribution is 7.98. The molecular weight excluding hydrogens is 370 g/mol. The molecule has 0 radical (unpaired) electrons. The molecule has 0 unspecified atom stereocenters. The van der Waals surface area contributed by atoms with Crippen molar-refractivity contribution in [2.24, 2.45) is 0 Å². The minimum absolute atomic E-state index is 0.0114. The van der Waals surface area contributed by atoms with Gasteiger partial charge in [0.2, 0.25) is 0 Å². The SMILES string of the molecule is CCCCCNC(=O)c1c(O)cc(/C=C/c2ccc(OC)cc2)c(C)c1SC. The van der Waals surface area contributed by atoms with E-state index >= 15 is 0 Å². The predicted octanol–water partition coefficient (Wildman–Crippen LogP) is 5.52. The van der Waals surface area contributed by atoms with Gasteiger partial charge in [-0.15, -0.1) is 11.8 Å². The summed E-state index contributed by atoms with van der Waals surface area (Å²) in [5, 5.41) is 13.5. The summed E-state index contributed by atoms with van der Waals surface area (Å²) in [5.41, 5.74) is 3.26. The van der Waals surface area contributed by atoms with E-state index in [0.717, 1.165) is 46.6 Å². The number of aromatic hydroxyl groups is 1. The van der Waals surface area contributed by atoms with E-state index in [9.17, 15) is 9.90 Å². The lowest BCUT2D eigenvalue weighted by Gasteiger charge is -2.15. The Labute approximate surface area is 172 Å². The third-order valence-corrected chi connectivity index (χ3v) is 5.54. The molecule has 2 rings (SSSR count). The Balaban J connectivity index is 2.26. The average Bonchev–Trinajstić information content (AvgIpc) is 2.71. The van der Waals surface area contributed by atoms with Gasteiger partial charge in [0.1, 0.15) is 11.5 Å². The minimum Gasteiger partial charge on any atom is -0.507 e. The van der Waals surface area contributed by atoms with E-state index < -0.39 is 0 Å². The van der Waals surface area contributed by atoms with Crippen LogP contribution in [0.4, 0.5) is 0 Å². The van der Waals surface area contributed by atoms with E-state index in [1.807, 2.05) is 49.6 Å². The standard InChI is InChI=1S/C23H29NO3S/c1-5-6-7-14-24-23(26)21-20(25)15-18(16(2)22(21)28-4)11-8-17-9-12-19(27-3)13-10-17/h8-13,15,25H,5-7,14H2,1-4H3,(H,24,26)/b11-8+. The molecule has 2 aromatic carbocycles. The number of nitrogens with one attached hydrogen (secondary N) is 1. The summed E-state index contributed by atoms with van der Waals surface area (Å²) >= 11 is 1.48. The van der Waals surface area contributed by atoms with E-state index in [4.69, 9.17) is 4.74 Å². The molecule has 28 heavy (non-hydrogen) atoms.